The fraction of sp³-hybridized carbons (Fsp3) is 0.600. The maximum Gasteiger partial charge on any atom is 0.150 e. The molecule has 2 N–H and O–H groups in total. The highest BCUT2D eigenvalue weighted by Gasteiger charge is 2.34. The van der Waals surface area contributed by atoms with Crippen molar-refractivity contribution < 1.29 is 8.42 Å². The molecule has 2 aliphatic rings. The molecule has 3 rings (SSSR count). The van der Waals surface area contributed by atoms with Crippen LogP contribution in [0.3, 0.4) is 0 Å². The molecule has 2 atom stereocenters. The summed E-state index contributed by atoms with van der Waals surface area (Å²) >= 11 is 0. The molecule has 1 aromatic rings. The zero-order chi connectivity index (χ0) is 14.3. The molecule has 0 radical (unpaired) electrons. The highest BCUT2D eigenvalue weighted by atomic mass is 32.2. The summed E-state index contributed by atoms with van der Waals surface area (Å²) in [7, 11) is -2.91. The van der Waals surface area contributed by atoms with Gasteiger partial charge in [-0.05, 0) is 42.5 Å². The maximum atomic E-state index is 11.8. The normalized spacial score (nSPS) is 27.4. The zero-order valence-corrected chi connectivity index (χ0v) is 12.7. The van der Waals surface area contributed by atoms with Crippen LogP contribution in [0.25, 0.3) is 0 Å². The van der Waals surface area contributed by atoms with Crippen LogP contribution >= 0.6 is 0 Å². The quantitative estimate of drug-likeness (QED) is 0.847. The molecule has 1 fully saturated rings. The highest BCUT2D eigenvalue weighted by Crippen LogP contribution is 2.33. The summed E-state index contributed by atoms with van der Waals surface area (Å²) in [6.45, 7) is 1.83. The number of hydrogen-bond acceptors (Lipinski definition) is 4. The van der Waals surface area contributed by atoms with Crippen molar-refractivity contribution in [3.63, 3.8) is 0 Å². The maximum absolute atomic E-state index is 11.8. The molecule has 0 amide bonds. The Labute approximate surface area is 120 Å². The molecule has 5 heteroatoms. The second kappa shape index (κ2) is 5.04. The van der Waals surface area contributed by atoms with Crippen LogP contribution in [-0.2, 0) is 22.9 Å². The van der Waals surface area contributed by atoms with E-state index in [1.165, 1.54) is 17.4 Å². The average molecular weight is 294 g/mol. The molecular formula is C15H22N2O2S. The predicted molar refractivity (Wildman–Crippen MR) is 81.0 cm³/mol. The number of nitrogen functional groups attached to an aromatic ring is 1. The van der Waals surface area contributed by atoms with Gasteiger partial charge in [-0.3, -0.25) is 4.90 Å². The molecule has 1 aliphatic heterocycles. The topological polar surface area (TPSA) is 63.4 Å². The van der Waals surface area contributed by atoms with E-state index in [0.29, 0.717) is 6.04 Å². The standard InChI is InChI=1S/C15H22N2O2S/c1-20(18,19)15-4-2-3-14(8-15)17-9-11-5-6-13(16)7-12(11)10-17/h5-7,14-15H,2-4,8-10,16H2,1H3. The Balaban J connectivity index is 1.73. The molecule has 0 aromatic heterocycles. The van der Waals surface area contributed by atoms with Gasteiger partial charge < -0.3 is 5.73 Å². The van der Waals surface area contributed by atoms with E-state index < -0.39 is 9.84 Å². The lowest BCUT2D eigenvalue weighted by Gasteiger charge is -2.34. The highest BCUT2D eigenvalue weighted by molar-refractivity contribution is 7.91. The van der Waals surface area contributed by atoms with Crippen LogP contribution in [0.5, 0.6) is 0 Å². The summed E-state index contributed by atoms with van der Waals surface area (Å²) in [4.78, 5) is 2.42. The van der Waals surface area contributed by atoms with Gasteiger partial charge in [0.1, 0.15) is 9.84 Å². The summed E-state index contributed by atoms with van der Waals surface area (Å²) in [5.74, 6) is 0. The van der Waals surface area contributed by atoms with Gasteiger partial charge in [0.15, 0.2) is 0 Å². The fourth-order valence-corrected chi connectivity index (χ4v) is 4.71. The van der Waals surface area contributed by atoms with E-state index in [2.05, 4.69) is 11.0 Å². The Bertz CT molecular complexity index is 612. The van der Waals surface area contributed by atoms with Crippen LogP contribution in [0.2, 0.25) is 0 Å². The van der Waals surface area contributed by atoms with E-state index in [-0.39, 0.29) is 5.25 Å². The van der Waals surface area contributed by atoms with Gasteiger partial charge in [0.25, 0.3) is 0 Å². The Morgan fingerprint density at radius 2 is 1.95 bits per heavy atom. The van der Waals surface area contributed by atoms with Crippen LogP contribution in [0.4, 0.5) is 5.69 Å². The number of anilines is 1. The largest absolute Gasteiger partial charge is 0.399 e. The van der Waals surface area contributed by atoms with Crippen LogP contribution in [0.15, 0.2) is 18.2 Å². The lowest BCUT2D eigenvalue weighted by Crippen LogP contribution is -2.39. The number of rotatable bonds is 2. The summed E-state index contributed by atoms with van der Waals surface area (Å²) < 4.78 is 23.5. The smallest absolute Gasteiger partial charge is 0.150 e. The van der Waals surface area contributed by atoms with Crippen molar-refractivity contribution in [3.8, 4) is 0 Å². The second-order valence-electron chi connectivity index (χ2n) is 6.21. The molecule has 1 saturated carbocycles. The molecular weight excluding hydrogens is 272 g/mol. The summed E-state index contributed by atoms with van der Waals surface area (Å²) in [6.07, 6.45) is 5.09. The molecule has 0 spiro atoms. The van der Waals surface area contributed by atoms with Crippen LogP contribution < -0.4 is 5.73 Å². The molecule has 2 unspecified atom stereocenters. The third kappa shape index (κ3) is 2.69. The van der Waals surface area contributed by atoms with Gasteiger partial charge in [0.2, 0.25) is 0 Å². The van der Waals surface area contributed by atoms with Gasteiger partial charge in [-0.1, -0.05) is 12.5 Å². The number of sulfone groups is 1. The minimum Gasteiger partial charge on any atom is -0.399 e. The second-order valence-corrected chi connectivity index (χ2v) is 8.53. The van der Waals surface area contributed by atoms with E-state index in [4.69, 9.17) is 5.73 Å². The third-order valence-corrected chi connectivity index (χ3v) is 6.34. The van der Waals surface area contributed by atoms with Crippen LogP contribution in [-0.4, -0.2) is 30.9 Å². The molecule has 20 heavy (non-hydrogen) atoms. The van der Waals surface area contributed by atoms with Crippen molar-refractivity contribution >= 4 is 15.5 Å². The van der Waals surface area contributed by atoms with Gasteiger partial charge in [-0.2, -0.15) is 0 Å². The molecule has 110 valence electrons. The van der Waals surface area contributed by atoms with Gasteiger partial charge in [-0.25, -0.2) is 8.42 Å². The van der Waals surface area contributed by atoms with Gasteiger partial charge in [-0.15, -0.1) is 0 Å². The predicted octanol–water partition coefficient (Wildman–Crippen LogP) is 1.94. The summed E-state index contributed by atoms with van der Waals surface area (Å²) in [6, 6.07) is 6.48. The fourth-order valence-electron chi connectivity index (χ4n) is 3.54. The number of nitrogens with two attached hydrogens (primary N) is 1. The minimum absolute atomic E-state index is 0.157. The van der Waals surface area contributed by atoms with Gasteiger partial charge in [0, 0.05) is 31.1 Å². The van der Waals surface area contributed by atoms with Crippen molar-refractivity contribution in [2.45, 2.75) is 50.1 Å². The van der Waals surface area contributed by atoms with Crippen molar-refractivity contribution in [3.05, 3.63) is 29.3 Å². The molecule has 1 aliphatic carbocycles. The number of fused-ring (bicyclic) bond motifs is 1. The van der Waals surface area contributed by atoms with E-state index >= 15 is 0 Å². The zero-order valence-electron chi connectivity index (χ0n) is 11.9. The average Bonchev–Trinajstić information content (AvgIpc) is 2.81. The number of benzene rings is 1. The Morgan fingerprint density at radius 3 is 2.70 bits per heavy atom. The van der Waals surface area contributed by atoms with E-state index in [0.717, 1.165) is 44.5 Å². The molecule has 1 heterocycles. The Morgan fingerprint density at radius 1 is 1.20 bits per heavy atom. The molecule has 1 aromatic carbocycles. The SMILES string of the molecule is CS(=O)(=O)C1CCCC(N2Cc3ccc(N)cc3C2)C1. The molecule has 4 nitrogen and oxygen atoms in total. The van der Waals surface area contributed by atoms with E-state index in [1.54, 1.807) is 0 Å². The Kier molecular flexibility index (Phi) is 3.50. The lowest BCUT2D eigenvalue weighted by molar-refractivity contribution is 0.157. The summed E-state index contributed by atoms with van der Waals surface area (Å²) in [5, 5.41) is -0.157. The van der Waals surface area contributed by atoms with E-state index in [1.807, 2.05) is 12.1 Å². The first-order valence-electron chi connectivity index (χ1n) is 7.23. The monoisotopic (exact) mass is 294 g/mol. The first-order valence-corrected chi connectivity index (χ1v) is 9.19. The first-order chi connectivity index (χ1) is 9.43. The minimum atomic E-state index is -2.91. The Hall–Kier alpha value is -1.07. The summed E-state index contributed by atoms with van der Waals surface area (Å²) in [5.41, 5.74) is 9.28. The van der Waals surface area contributed by atoms with E-state index in [9.17, 15) is 8.42 Å². The number of nitrogens with zero attached hydrogens (tertiary/aromatic N) is 1. The van der Waals surface area contributed by atoms with Gasteiger partial charge >= 0.3 is 0 Å². The third-order valence-electron chi connectivity index (χ3n) is 4.70. The van der Waals surface area contributed by atoms with Crippen molar-refractivity contribution in [2.75, 3.05) is 12.0 Å². The first kappa shape index (κ1) is 13.9. The van der Waals surface area contributed by atoms with Crippen molar-refractivity contribution in [2.24, 2.45) is 0 Å². The molecule has 0 saturated heterocycles. The molecule has 0 bridgehead atoms. The van der Waals surface area contributed by atoms with Crippen LogP contribution in [0, 0.1) is 0 Å². The van der Waals surface area contributed by atoms with Crippen molar-refractivity contribution in [1.29, 1.82) is 0 Å². The van der Waals surface area contributed by atoms with Crippen molar-refractivity contribution in [1.82, 2.24) is 4.90 Å². The number of hydrogen-bond donors (Lipinski definition) is 1. The van der Waals surface area contributed by atoms with Gasteiger partial charge in [0.05, 0.1) is 5.25 Å². The van der Waals surface area contributed by atoms with Crippen LogP contribution in [0.1, 0.15) is 36.8 Å². The lowest BCUT2D eigenvalue weighted by atomic mass is 9.94.